The number of hydrogen-bond donors (Lipinski definition) is 2. The van der Waals surface area contributed by atoms with Crippen LogP contribution in [0.5, 0.6) is 0 Å². The lowest BCUT2D eigenvalue weighted by molar-refractivity contribution is 1.29. The van der Waals surface area contributed by atoms with Gasteiger partial charge in [0.1, 0.15) is 5.52 Å². The van der Waals surface area contributed by atoms with E-state index in [1.807, 2.05) is 38.2 Å². The van der Waals surface area contributed by atoms with Crippen LogP contribution in [-0.4, -0.2) is 9.97 Å². The Morgan fingerprint density at radius 1 is 1.06 bits per heavy atom. The molecule has 0 aliphatic rings. The van der Waals surface area contributed by atoms with Gasteiger partial charge in [-0.2, -0.15) is 0 Å². The Labute approximate surface area is 92.1 Å². The van der Waals surface area contributed by atoms with E-state index < -0.39 is 0 Å². The van der Waals surface area contributed by atoms with Gasteiger partial charge >= 0.3 is 0 Å². The van der Waals surface area contributed by atoms with Crippen molar-refractivity contribution in [2.24, 2.45) is 0 Å². The van der Waals surface area contributed by atoms with Gasteiger partial charge in [0, 0.05) is 17.0 Å². The number of fused-ring (bicyclic) bond motifs is 3. The first kappa shape index (κ1) is 9.21. The van der Waals surface area contributed by atoms with Crippen molar-refractivity contribution in [3.05, 3.63) is 45.9 Å². The van der Waals surface area contributed by atoms with Gasteiger partial charge in [-0.3, -0.25) is 4.79 Å². The maximum atomic E-state index is 11.9. The Hall–Kier alpha value is -2.03. The lowest BCUT2D eigenvalue weighted by atomic mass is 10.1. The average molecular weight is 212 g/mol. The molecule has 3 nitrogen and oxygen atoms in total. The molecule has 0 aliphatic carbocycles. The number of rotatable bonds is 0. The topological polar surface area (TPSA) is 48.6 Å². The summed E-state index contributed by atoms with van der Waals surface area (Å²) in [6.07, 6.45) is 1.88. The minimum absolute atomic E-state index is 0.0510. The summed E-state index contributed by atoms with van der Waals surface area (Å²) in [5.41, 5.74) is 3.75. The Kier molecular flexibility index (Phi) is 1.72. The van der Waals surface area contributed by atoms with E-state index in [9.17, 15) is 4.79 Å². The smallest absolute Gasteiger partial charge is 0.272 e. The molecule has 2 heterocycles. The highest BCUT2D eigenvalue weighted by atomic mass is 16.1. The van der Waals surface area contributed by atoms with Crippen LogP contribution in [0.3, 0.4) is 0 Å². The van der Waals surface area contributed by atoms with Crippen molar-refractivity contribution in [1.29, 1.82) is 0 Å². The molecule has 0 saturated carbocycles. The van der Waals surface area contributed by atoms with Crippen molar-refractivity contribution in [2.75, 3.05) is 0 Å². The number of para-hydroxylation sites is 1. The summed E-state index contributed by atoms with van der Waals surface area (Å²) in [6, 6.07) is 6.06. The third-order valence-electron chi connectivity index (χ3n) is 3.09. The Morgan fingerprint density at radius 2 is 1.88 bits per heavy atom. The third-order valence-corrected chi connectivity index (χ3v) is 3.09. The Bertz CT molecular complexity index is 750. The van der Waals surface area contributed by atoms with Crippen molar-refractivity contribution in [3.8, 4) is 0 Å². The fraction of sp³-hybridized carbons (Fsp3) is 0.154. The lowest BCUT2D eigenvalue weighted by Gasteiger charge is -2.03. The quantitative estimate of drug-likeness (QED) is 0.591. The Morgan fingerprint density at radius 3 is 2.69 bits per heavy atom. The molecule has 0 saturated heterocycles. The predicted molar refractivity (Wildman–Crippen MR) is 65.9 cm³/mol. The standard InChI is InChI=1S/C13H12N2O/c1-7-4-3-5-9-10-8(2)6-14-12(10)13(16)15-11(7)9/h3-6,14H,1-2H3,(H,15,16). The molecule has 0 radical (unpaired) electrons. The van der Waals surface area contributed by atoms with Crippen LogP contribution in [0, 0.1) is 13.8 Å². The van der Waals surface area contributed by atoms with Crippen molar-refractivity contribution in [3.63, 3.8) is 0 Å². The van der Waals surface area contributed by atoms with Crippen LogP contribution in [0.25, 0.3) is 21.8 Å². The summed E-state index contributed by atoms with van der Waals surface area (Å²) >= 11 is 0. The molecule has 0 spiro atoms. The first-order chi connectivity index (χ1) is 7.68. The molecule has 3 aromatic rings. The zero-order valence-corrected chi connectivity index (χ0v) is 9.22. The van der Waals surface area contributed by atoms with E-state index >= 15 is 0 Å². The largest absolute Gasteiger partial charge is 0.356 e. The van der Waals surface area contributed by atoms with Gasteiger partial charge in [-0.05, 0) is 25.0 Å². The van der Waals surface area contributed by atoms with Gasteiger partial charge < -0.3 is 9.97 Å². The number of benzene rings is 1. The lowest BCUT2D eigenvalue weighted by Crippen LogP contribution is -2.06. The molecule has 0 aliphatic heterocycles. The summed E-state index contributed by atoms with van der Waals surface area (Å²) in [6.45, 7) is 4.02. The van der Waals surface area contributed by atoms with E-state index in [4.69, 9.17) is 0 Å². The molecule has 0 unspecified atom stereocenters. The van der Waals surface area contributed by atoms with Crippen LogP contribution < -0.4 is 5.56 Å². The van der Waals surface area contributed by atoms with E-state index in [1.54, 1.807) is 0 Å². The second-order valence-electron chi connectivity index (χ2n) is 4.17. The summed E-state index contributed by atoms with van der Waals surface area (Å²) < 4.78 is 0. The maximum absolute atomic E-state index is 11.9. The van der Waals surface area contributed by atoms with Crippen LogP contribution in [0.15, 0.2) is 29.2 Å². The molecule has 3 heteroatoms. The summed E-state index contributed by atoms with van der Waals surface area (Å²) in [5, 5.41) is 2.14. The fourth-order valence-corrected chi connectivity index (χ4v) is 2.27. The van der Waals surface area contributed by atoms with Crippen molar-refractivity contribution in [1.82, 2.24) is 9.97 Å². The molecule has 0 fully saturated rings. The minimum atomic E-state index is -0.0510. The monoisotopic (exact) mass is 212 g/mol. The van der Waals surface area contributed by atoms with Crippen LogP contribution in [-0.2, 0) is 0 Å². The predicted octanol–water partition coefficient (Wildman–Crippen LogP) is 2.63. The number of hydrogen-bond acceptors (Lipinski definition) is 1. The van der Waals surface area contributed by atoms with Gasteiger partial charge in [0.15, 0.2) is 0 Å². The van der Waals surface area contributed by atoms with Gasteiger partial charge in [0.2, 0.25) is 0 Å². The highest BCUT2D eigenvalue weighted by molar-refractivity contribution is 6.06. The maximum Gasteiger partial charge on any atom is 0.272 e. The fourth-order valence-electron chi connectivity index (χ4n) is 2.27. The molecular weight excluding hydrogens is 200 g/mol. The zero-order valence-electron chi connectivity index (χ0n) is 9.22. The molecular formula is C13H12N2O. The molecule has 0 bridgehead atoms. The van der Waals surface area contributed by atoms with Gasteiger partial charge in [0.05, 0.1) is 5.52 Å². The number of aryl methyl sites for hydroxylation is 2. The molecule has 2 N–H and O–H groups in total. The van der Waals surface area contributed by atoms with Gasteiger partial charge in [-0.1, -0.05) is 18.2 Å². The normalized spacial score (nSPS) is 11.4. The van der Waals surface area contributed by atoms with Gasteiger partial charge in [0.25, 0.3) is 5.56 Å². The van der Waals surface area contributed by atoms with E-state index in [1.165, 1.54) is 0 Å². The molecule has 2 aromatic heterocycles. The minimum Gasteiger partial charge on any atom is -0.356 e. The van der Waals surface area contributed by atoms with Gasteiger partial charge in [-0.15, -0.1) is 0 Å². The number of aromatic nitrogens is 2. The molecule has 16 heavy (non-hydrogen) atoms. The van der Waals surface area contributed by atoms with Crippen LogP contribution in [0.4, 0.5) is 0 Å². The Balaban J connectivity index is 2.73. The first-order valence-electron chi connectivity index (χ1n) is 5.28. The highest BCUT2D eigenvalue weighted by Gasteiger charge is 2.09. The number of pyridine rings is 1. The molecule has 1 aromatic carbocycles. The summed E-state index contributed by atoms with van der Waals surface area (Å²) in [4.78, 5) is 17.8. The first-order valence-corrected chi connectivity index (χ1v) is 5.28. The second kappa shape index (κ2) is 2.98. The van der Waals surface area contributed by atoms with Crippen molar-refractivity contribution < 1.29 is 0 Å². The van der Waals surface area contributed by atoms with E-state index in [0.717, 1.165) is 27.4 Å². The average Bonchev–Trinajstić information content (AvgIpc) is 2.64. The van der Waals surface area contributed by atoms with Crippen LogP contribution in [0.1, 0.15) is 11.1 Å². The van der Waals surface area contributed by atoms with E-state index in [0.29, 0.717) is 5.52 Å². The van der Waals surface area contributed by atoms with Crippen LogP contribution >= 0.6 is 0 Å². The summed E-state index contributed by atoms with van der Waals surface area (Å²) in [5.74, 6) is 0. The number of aromatic amines is 2. The SMILES string of the molecule is Cc1cccc2c1[nH]c(=O)c1[nH]cc(C)c12. The highest BCUT2D eigenvalue weighted by Crippen LogP contribution is 2.25. The molecule has 80 valence electrons. The second-order valence-corrected chi connectivity index (χ2v) is 4.17. The number of H-pyrrole nitrogens is 2. The van der Waals surface area contributed by atoms with Gasteiger partial charge in [-0.25, -0.2) is 0 Å². The molecule has 3 rings (SSSR count). The molecule has 0 atom stereocenters. The van der Waals surface area contributed by atoms with E-state index in [2.05, 4.69) is 9.97 Å². The van der Waals surface area contributed by atoms with Crippen molar-refractivity contribution in [2.45, 2.75) is 13.8 Å². The summed E-state index contributed by atoms with van der Waals surface area (Å²) in [7, 11) is 0. The van der Waals surface area contributed by atoms with E-state index in [-0.39, 0.29) is 5.56 Å². The third kappa shape index (κ3) is 1.05. The number of nitrogens with one attached hydrogen (secondary N) is 2. The van der Waals surface area contributed by atoms with Crippen LogP contribution in [0.2, 0.25) is 0 Å². The molecule has 0 amide bonds. The van der Waals surface area contributed by atoms with Crippen molar-refractivity contribution >= 4 is 21.8 Å². The zero-order chi connectivity index (χ0) is 11.3.